The van der Waals surface area contributed by atoms with Gasteiger partial charge in [0.15, 0.2) is 8.32 Å². The molecule has 4 fully saturated rings. The van der Waals surface area contributed by atoms with Gasteiger partial charge >= 0.3 is 0 Å². The fourth-order valence-electron chi connectivity index (χ4n) is 8.50. The summed E-state index contributed by atoms with van der Waals surface area (Å²) >= 11 is 0. The molecule has 4 saturated carbocycles. The maximum atomic E-state index is 12.2. The number of ketones is 1. The molecule has 4 aliphatic carbocycles. The number of hydrogen-bond donors (Lipinski definition) is 0. The highest BCUT2D eigenvalue weighted by molar-refractivity contribution is 6.69. The summed E-state index contributed by atoms with van der Waals surface area (Å²) in [6, 6.07) is 0. The first-order valence-electron chi connectivity index (χ1n) is 11.6. The molecule has 4 aliphatic rings. The first kappa shape index (κ1) is 20.1. The van der Waals surface area contributed by atoms with Gasteiger partial charge in [0, 0.05) is 12.8 Å². The Morgan fingerprint density at radius 2 is 1.67 bits per heavy atom. The van der Waals surface area contributed by atoms with E-state index in [2.05, 4.69) is 47.3 Å². The zero-order chi connectivity index (χ0) is 19.8. The van der Waals surface area contributed by atoms with E-state index in [9.17, 15) is 4.79 Å². The van der Waals surface area contributed by atoms with Crippen LogP contribution < -0.4 is 0 Å². The molecule has 0 aromatic carbocycles. The SMILES string of the molecule is CC1C[C@@H]2CC(=O)CCC2(C)C2CCC3(C)C(CC[C@@]3(C)O[Si](C)(C)C)C12. The Kier molecular flexibility index (Phi) is 4.60. The fourth-order valence-corrected chi connectivity index (χ4v) is 10.2. The first-order valence-corrected chi connectivity index (χ1v) is 15.0. The fraction of sp³-hybridized carbons (Fsp3) is 0.958. The van der Waals surface area contributed by atoms with Crippen molar-refractivity contribution < 1.29 is 9.22 Å². The van der Waals surface area contributed by atoms with Crippen molar-refractivity contribution in [2.24, 2.45) is 40.4 Å². The molecular formula is C24H42O2Si. The van der Waals surface area contributed by atoms with Crippen molar-refractivity contribution >= 4 is 14.1 Å². The second-order valence-electron chi connectivity index (χ2n) is 12.4. The maximum Gasteiger partial charge on any atom is 0.184 e. The Bertz CT molecular complexity index is 624. The monoisotopic (exact) mass is 390 g/mol. The topological polar surface area (TPSA) is 26.3 Å². The average Bonchev–Trinajstić information content (AvgIpc) is 2.79. The normalized spacial score (nSPS) is 52.9. The van der Waals surface area contributed by atoms with E-state index in [-0.39, 0.29) is 5.60 Å². The van der Waals surface area contributed by atoms with Crippen LogP contribution >= 0.6 is 0 Å². The lowest BCUT2D eigenvalue weighted by Gasteiger charge is -2.63. The third kappa shape index (κ3) is 2.93. The number of rotatable bonds is 2. The van der Waals surface area contributed by atoms with Crippen LogP contribution in [0.4, 0.5) is 0 Å². The van der Waals surface area contributed by atoms with E-state index in [1.165, 1.54) is 32.1 Å². The van der Waals surface area contributed by atoms with E-state index in [1.54, 1.807) is 0 Å². The van der Waals surface area contributed by atoms with Crippen LogP contribution in [0.15, 0.2) is 0 Å². The minimum absolute atomic E-state index is 0.0626. The van der Waals surface area contributed by atoms with Gasteiger partial charge in [-0.15, -0.1) is 0 Å². The van der Waals surface area contributed by atoms with Crippen molar-refractivity contribution in [1.82, 2.24) is 0 Å². The molecule has 154 valence electrons. The molecule has 0 aliphatic heterocycles. The zero-order valence-electron chi connectivity index (χ0n) is 18.9. The molecule has 6 unspecified atom stereocenters. The number of hydrogen-bond acceptors (Lipinski definition) is 2. The van der Waals surface area contributed by atoms with Gasteiger partial charge in [0.2, 0.25) is 0 Å². The second-order valence-corrected chi connectivity index (χ2v) is 16.8. The van der Waals surface area contributed by atoms with Crippen LogP contribution in [0, 0.1) is 40.4 Å². The summed E-state index contributed by atoms with van der Waals surface area (Å²) in [5.41, 5.74) is 0.800. The predicted octanol–water partition coefficient (Wildman–Crippen LogP) is 6.45. The predicted molar refractivity (Wildman–Crippen MR) is 114 cm³/mol. The van der Waals surface area contributed by atoms with Crippen molar-refractivity contribution in [3.05, 3.63) is 0 Å². The summed E-state index contributed by atoms with van der Waals surface area (Å²) in [6.07, 6.45) is 9.40. The Labute approximate surface area is 168 Å². The van der Waals surface area contributed by atoms with Crippen LogP contribution in [-0.4, -0.2) is 19.7 Å². The minimum atomic E-state index is -1.57. The average molecular weight is 391 g/mol. The van der Waals surface area contributed by atoms with Gasteiger partial charge in [-0.05, 0) is 106 Å². The van der Waals surface area contributed by atoms with E-state index < -0.39 is 8.32 Å². The molecule has 0 aromatic rings. The number of Topliss-reactive ketones (excluding diaryl/α,β-unsaturated/α-hetero) is 1. The Morgan fingerprint density at radius 1 is 1.00 bits per heavy atom. The summed E-state index contributed by atoms with van der Waals surface area (Å²) in [5.74, 6) is 4.41. The standard InChI is InChI=1S/C24H42O2Si/c1-16-14-17-15-18(25)8-11-22(17,2)19-9-12-23(3)20(21(16)19)10-13-24(23,4)26-27(5,6)7/h16-17,19-21H,8-15H2,1-7H3/t16?,17-,19?,20?,21?,22?,23?,24-/m1/s1. The van der Waals surface area contributed by atoms with Crippen molar-refractivity contribution in [2.45, 2.75) is 104 Å². The zero-order valence-corrected chi connectivity index (χ0v) is 19.9. The lowest BCUT2D eigenvalue weighted by Crippen LogP contribution is -2.59. The summed E-state index contributed by atoms with van der Waals surface area (Å²) < 4.78 is 6.91. The lowest BCUT2D eigenvalue weighted by molar-refractivity contribution is -0.162. The molecule has 0 saturated heterocycles. The van der Waals surface area contributed by atoms with E-state index >= 15 is 0 Å². The van der Waals surface area contributed by atoms with Gasteiger partial charge in [-0.1, -0.05) is 20.8 Å². The van der Waals surface area contributed by atoms with Crippen LogP contribution in [0.3, 0.4) is 0 Å². The largest absolute Gasteiger partial charge is 0.412 e. The summed E-state index contributed by atoms with van der Waals surface area (Å²) in [4.78, 5) is 12.2. The molecule has 0 aromatic heterocycles. The molecule has 0 radical (unpaired) electrons. The number of fused-ring (bicyclic) bond motifs is 5. The maximum absolute atomic E-state index is 12.2. The van der Waals surface area contributed by atoms with Crippen molar-refractivity contribution in [1.29, 1.82) is 0 Å². The minimum Gasteiger partial charge on any atom is -0.412 e. The molecule has 8 atom stereocenters. The highest BCUT2D eigenvalue weighted by Crippen LogP contribution is 2.69. The van der Waals surface area contributed by atoms with Gasteiger partial charge in [0.25, 0.3) is 0 Å². The van der Waals surface area contributed by atoms with E-state index in [0.29, 0.717) is 22.5 Å². The molecule has 0 N–H and O–H groups in total. The van der Waals surface area contributed by atoms with Gasteiger partial charge < -0.3 is 4.43 Å². The molecule has 0 bridgehead atoms. The second kappa shape index (κ2) is 6.17. The molecule has 27 heavy (non-hydrogen) atoms. The molecule has 2 nitrogen and oxygen atoms in total. The van der Waals surface area contributed by atoms with Crippen LogP contribution in [0.25, 0.3) is 0 Å². The lowest BCUT2D eigenvalue weighted by atomic mass is 9.42. The van der Waals surface area contributed by atoms with Gasteiger partial charge in [-0.3, -0.25) is 4.79 Å². The molecule has 4 rings (SSSR count). The Morgan fingerprint density at radius 3 is 2.33 bits per heavy atom. The van der Waals surface area contributed by atoms with Crippen molar-refractivity contribution in [3.63, 3.8) is 0 Å². The third-order valence-corrected chi connectivity index (χ3v) is 11.0. The van der Waals surface area contributed by atoms with Gasteiger partial charge in [0.1, 0.15) is 5.78 Å². The quantitative estimate of drug-likeness (QED) is 0.506. The van der Waals surface area contributed by atoms with Gasteiger partial charge in [-0.2, -0.15) is 0 Å². The molecular weight excluding hydrogens is 348 g/mol. The van der Waals surface area contributed by atoms with Crippen LogP contribution in [0.1, 0.15) is 79.1 Å². The van der Waals surface area contributed by atoms with Gasteiger partial charge in [-0.25, -0.2) is 0 Å². The Balaban J connectivity index is 1.66. The van der Waals surface area contributed by atoms with E-state index in [4.69, 9.17) is 4.43 Å². The van der Waals surface area contributed by atoms with E-state index in [0.717, 1.165) is 42.9 Å². The van der Waals surface area contributed by atoms with Crippen LogP contribution in [0.2, 0.25) is 19.6 Å². The van der Waals surface area contributed by atoms with Crippen LogP contribution in [-0.2, 0) is 9.22 Å². The Hall–Kier alpha value is -0.153. The van der Waals surface area contributed by atoms with Gasteiger partial charge in [0.05, 0.1) is 5.60 Å². The number of carbonyl (C=O) groups excluding carboxylic acids is 1. The highest BCUT2D eigenvalue weighted by Gasteiger charge is 2.65. The first-order chi connectivity index (χ1) is 12.4. The summed E-state index contributed by atoms with van der Waals surface area (Å²) in [7, 11) is -1.57. The molecule has 0 spiro atoms. The summed E-state index contributed by atoms with van der Waals surface area (Å²) in [5, 5.41) is 0. The molecule has 0 heterocycles. The smallest absolute Gasteiger partial charge is 0.184 e. The molecule has 3 heteroatoms. The van der Waals surface area contributed by atoms with Crippen LogP contribution in [0.5, 0.6) is 0 Å². The van der Waals surface area contributed by atoms with E-state index in [1.807, 2.05) is 0 Å². The van der Waals surface area contributed by atoms with Crippen molar-refractivity contribution in [3.8, 4) is 0 Å². The number of carbonyl (C=O) groups is 1. The molecule has 0 amide bonds. The summed E-state index contributed by atoms with van der Waals surface area (Å²) in [6.45, 7) is 17.2. The van der Waals surface area contributed by atoms with Crippen molar-refractivity contribution in [2.75, 3.05) is 0 Å². The third-order valence-electron chi connectivity index (χ3n) is 9.90. The highest BCUT2D eigenvalue weighted by atomic mass is 28.4.